The summed E-state index contributed by atoms with van der Waals surface area (Å²) in [5.41, 5.74) is 0.696. The first kappa shape index (κ1) is 13.5. The van der Waals surface area contributed by atoms with Crippen molar-refractivity contribution in [2.45, 2.75) is 19.4 Å². The Bertz CT molecular complexity index is 387. The van der Waals surface area contributed by atoms with Gasteiger partial charge in [-0.2, -0.15) is 0 Å². The minimum Gasteiger partial charge on any atom is -0.493 e. The predicted molar refractivity (Wildman–Crippen MR) is 64.6 cm³/mol. The fraction of sp³-hybridized carbons (Fsp3) is 0.462. The van der Waals surface area contributed by atoms with Gasteiger partial charge in [-0.3, -0.25) is 4.79 Å². The van der Waals surface area contributed by atoms with Gasteiger partial charge in [0.15, 0.2) is 17.3 Å². The largest absolute Gasteiger partial charge is 0.493 e. The van der Waals surface area contributed by atoms with Crippen LogP contribution in [-0.4, -0.2) is 27.1 Å². The summed E-state index contributed by atoms with van der Waals surface area (Å²) in [6, 6.07) is 5.40. The Balaban J connectivity index is 3.23. The van der Waals surface area contributed by atoms with Crippen molar-refractivity contribution in [2.24, 2.45) is 0 Å². The van der Waals surface area contributed by atoms with Crippen molar-refractivity contribution in [3.63, 3.8) is 0 Å². The fourth-order valence-electron chi connectivity index (χ4n) is 1.74. The van der Waals surface area contributed by atoms with E-state index < -0.39 is 6.10 Å². The molecule has 0 aliphatic carbocycles. The number of Topliss-reactive ketones (excluding diaryl/α,β-unsaturated/α-hetero) is 1. The molecule has 1 rings (SSSR count). The summed E-state index contributed by atoms with van der Waals surface area (Å²) >= 11 is 0. The average Bonchev–Trinajstić information content (AvgIpc) is 2.38. The van der Waals surface area contributed by atoms with Gasteiger partial charge in [-0.25, -0.2) is 0 Å². The first-order valence-corrected chi connectivity index (χ1v) is 5.45. The van der Waals surface area contributed by atoms with Crippen molar-refractivity contribution in [3.8, 4) is 11.5 Å². The number of ketones is 1. The quantitative estimate of drug-likeness (QED) is 0.763. The van der Waals surface area contributed by atoms with Crippen molar-refractivity contribution in [1.82, 2.24) is 0 Å². The maximum absolute atomic E-state index is 11.8. The molecular weight excluding hydrogens is 220 g/mol. The Labute approximate surface area is 101 Å². The van der Waals surface area contributed by atoms with Gasteiger partial charge in [0.1, 0.15) is 6.10 Å². The van der Waals surface area contributed by atoms with Gasteiger partial charge in [-0.15, -0.1) is 0 Å². The molecule has 0 fully saturated rings. The first-order valence-electron chi connectivity index (χ1n) is 5.45. The zero-order valence-electron chi connectivity index (χ0n) is 10.6. The van der Waals surface area contributed by atoms with Crippen LogP contribution in [0, 0.1) is 0 Å². The van der Waals surface area contributed by atoms with E-state index in [1.54, 1.807) is 27.2 Å². The Hall–Kier alpha value is -1.55. The highest BCUT2D eigenvalue weighted by molar-refractivity contribution is 5.85. The lowest BCUT2D eigenvalue weighted by atomic mass is 10.0. The van der Waals surface area contributed by atoms with Crippen LogP contribution in [0.4, 0.5) is 0 Å². The van der Waals surface area contributed by atoms with Crippen LogP contribution in [-0.2, 0) is 9.53 Å². The molecule has 0 bridgehead atoms. The van der Waals surface area contributed by atoms with E-state index in [1.807, 2.05) is 12.1 Å². The second-order valence-electron chi connectivity index (χ2n) is 3.52. The lowest BCUT2D eigenvalue weighted by Gasteiger charge is -2.18. The zero-order valence-corrected chi connectivity index (χ0v) is 10.6. The van der Waals surface area contributed by atoms with Crippen LogP contribution < -0.4 is 9.47 Å². The highest BCUT2D eigenvalue weighted by atomic mass is 16.5. The SMILES string of the molecule is CCC(=O)C(OC)c1cccc(OC)c1OC. The average molecular weight is 238 g/mol. The molecule has 0 aromatic heterocycles. The van der Waals surface area contributed by atoms with Crippen molar-refractivity contribution < 1.29 is 19.0 Å². The van der Waals surface area contributed by atoms with Gasteiger partial charge in [0.05, 0.1) is 14.2 Å². The number of carbonyl (C=O) groups is 1. The number of para-hydroxylation sites is 1. The number of hydrogen-bond acceptors (Lipinski definition) is 4. The normalized spacial score (nSPS) is 12.0. The van der Waals surface area contributed by atoms with Crippen LogP contribution in [0.2, 0.25) is 0 Å². The number of methoxy groups -OCH3 is 3. The third kappa shape index (κ3) is 2.77. The van der Waals surface area contributed by atoms with Gasteiger partial charge in [-0.1, -0.05) is 19.1 Å². The van der Waals surface area contributed by atoms with Gasteiger partial charge in [-0.05, 0) is 6.07 Å². The molecule has 0 aliphatic rings. The van der Waals surface area contributed by atoms with Crippen LogP contribution in [0.3, 0.4) is 0 Å². The minimum absolute atomic E-state index is 0.0130. The Morgan fingerprint density at radius 2 is 1.94 bits per heavy atom. The zero-order chi connectivity index (χ0) is 12.8. The molecule has 4 nitrogen and oxygen atoms in total. The van der Waals surface area contributed by atoms with E-state index in [0.29, 0.717) is 23.5 Å². The molecule has 1 atom stereocenters. The topological polar surface area (TPSA) is 44.8 Å². The Kier molecular flexibility index (Phi) is 4.97. The van der Waals surface area contributed by atoms with Gasteiger partial charge in [0, 0.05) is 19.1 Å². The monoisotopic (exact) mass is 238 g/mol. The molecule has 4 heteroatoms. The van der Waals surface area contributed by atoms with E-state index in [-0.39, 0.29) is 5.78 Å². The molecule has 0 saturated carbocycles. The van der Waals surface area contributed by atoms with Crippen LogP contribution >= 0.6 is 0 Å². The van der Waals surface area contributed by atoms with Crippen molar-refractivity contribution in [2.75, 3.05) is 21.3 Å². The molecule has 1 aromatic carbocycles. The van der Waals surface area contributed by atoms with E-state index in [0.717, 1.165) is 0 Å². The maximum atomic E-state index is 11.8. The van der Waals surface area contributed by atoms with Crippen molar-refractivity contribution >= 4 is 5.78 Å². The van der Waals surface area contributed by atoms with E-state index >= 15 is 0 Å². The third-order valence-corrected chi connectivity index (χ3v) is 2.59. The van der Waals surface area contributed by atoms with Gasteiger partial charge in [0.2, 0.25) is 0 Å². The number of rotatable bonds is 6. The molecule has 0 spiro atoms. The highest BCUT2D eigenvalue weighted by Gasteiger charge is 2.23. The Morgan fingerprint density at radius 1 is 1.24 bits per heavy atom. The molecule has 0 N–H and O–H groups in total. The second-order valence-corrected chi connectivity index (χ2v) is 3.52. The van der Waals surface area contributed by atoms with E-state index in [1.165, 1.54) is 7.11 Å². The summed E-state index contributed by atoms with van der Waals surface area (Å²) < 4.78 is 15.7. The highest BCUT2D eigenvalue weighted by Crippen LogP contribution is 2.36. The van der Waals surface area contributed by atoms with Crippen LogP contribution in [0.25, 0.3) is 0 Å². The smallest absolute Gasteiger partial charge is 0.166 e. The second kappa shape index (κ2) is 6.25. The van der Waals surface area contributed by atoms with E-state index in [4.69, 9.17) is 14.2 Å². The summed E-state index contributed by atoms with van der Waals surface area (Å²) in [6.45, 7) is 1.81. The lowest BCUT2D eigenvalue weighted by Crippen LogP contribution is -2.14. The summed E-state index contributed by atoms with van der Waals surface area (Å²) in [5.74, 6) is 1.15. The maximum Gasteiger partial charge on any atom is 0.166 e. The van der Waals surface area contributed by atoms with E-state index in [9.17, 15) is 4.79 Å². The lowest BCUT2D eigenvalue weighted by molar-refractivity contribution is -0.128. The molecule has 1 aromatic rings. The molecule has 1 unspecified atom stereocenters. The molecule has 0 heterocycles. The first-order chi connectivity index (χ1) is 8.19. The van der Waals surface area contributed by atoms with Crippen LogP contribution in [0.1, 0.15) is 25.0 Å². The standard InChI is InChI=1S/C13H18O4/c1-5-10(14)12(16-3)9-7-6-8-11(15-2)13(9)17-4/h6-8,12H,5H2,1-4H3. The van der Waals surface area contributed by atoms with Crippen LogP contribution in [0.15, 0.2) is 18.2 Å². The molecule has 0 saturated heterocycles. The molecule has 0 aliphatic heterocycles. The minimum atomic E-state index is -0.606. The van der Waals surface area contributed by atoms with Crippen LogP contribution in [0.5, 0.6) is 11.5 Å². The number of carbonyl (C=O) groups excluding carboxylic acids is 1. The summed E-state index contributed by atoms with van der Waals surface area (Å²) in [4.78, 5) is 11.8. The molecule has 0 radical (unpaired) electrons. The fourth-order valence-corrected chi connectivity index (χ4v) is 1.74. The van der Waals surface area contributed by atoms with Crippen molar-refractivity contribution in [3.05, 3.63) is 23.8 Å². The van der Waals surface area contributed by atoms with Gasteiger partial charge >= 0.3 is 0 Å². The number of benzene rings is 1. The summed E-state index contributed by atoms with van der Waals surface area (Å²) in [7, 11) is 4.62. The molecule has 94 valence electrons. The number of ether oxygens (including phenoxy) is 3. The molecule has 17 heavy (non-hydrogen) atoms. The summed E-state index contributed by atoms with van der Waals surface area (Å²) in [6.07, 6.45) is -0.191. The number of hydrogen-bond donors (Lipinski definition) is 0. The molecular formula is C13H18O4. The summed E-state index contributed by atoms with van der Waals surface area (Å²) in [5, 5.41) is 0. The van der Waals surface area contributed by atoms with E-state index in [2.05, 4.69) is 0 Å². The molecule has 0 amide bonds. The Morgan fingerprint density at radius 3 is 2.41 bits per heavy atom. The third-order valence-electron chi connectivity index (χ3n) is 2.59. The predicted octanol–water partition coefficient (Wildman–Crippen LogP) is 2.37. The van der Waals surface area contributed by atoms with Gasteiger partial charge in [0.25, 0.3) is 0 Å². The van der Waals surface area contributed by atoms with Gasteiger partial charge < -0.3 is 14.2 Å². The van der Waals surface area contributed by atoms with Crippen molar-refractivity contribution in [1.29, 1.82) is 0 Å².